The summed E-state index contributed by atoms with van der Waals surface area (Å²) in [6.07, 6.45) is -1.90. The van der Waals surface area contributed by atoms with E-state index < -0.39 is 11.7 Å². The zero-order valence-corrected chi connectivity index (χ0v) is 12.1. The van der Waals surface area contributed by atoms with Crippen LogP contribution >= 0.6 is 0 Å². The molecule has 24 heavy (non-hydrogen) atoms. The summed E-state index contributed by atoms with van der Waals surface area (Å²) in [5.74, 6) is 0.283. The van der Waals surface area contributed by atoms with Crippen molar-refractivity contribution in [3.8, 4) is 17.0 Å². The minimum atomic E-state index is -4.41. The van der Waals surface area contributed by atoms with Gasteiger partial charge in [0.1, 0.15) is 11.4 Å². The Kier molecular flexibility index (Phi) is 3.02. The van der Waals surface area contributed by atoms with Gasteiger partial charge in [0.15, 0.2) is 6.61 Å². The van der Waals surface area contributed by atoms with Gasteiger partial charge in [-0.1, -0.05) is 0 Å². The molecule has 4 rings (SSSR count). The molecule has 0 aliphatic carbocycles. The third-order valence-electron chi connectivity index (χ3n) is 3.69. The van der Waals surface area contributed by atoms with Crippen molar-refractivity contribution in [3.05, 3.63) is 48.3 Å². The molecule has 0 saturated heterocycles. The summed E-state index contributed by atoms with van der Waals surface area (Å²) in [4.78, 5) is 15.7. The van der Waals surface area contributed by atoms with Gasteiger partial charge in [0.2, 0.25) is 0 Å². The topological polar surface area (TPSA) is 55.6 Å². The molecule has 5 nitrogen and oxygen atoms in total. The Labute approximate surface area is 133 Å². The van der Waals surface area contributed by atoms with Crippen LogP contribution < -0.4 is 10.1 Å². The molecule has 8 heteroatoms. The average Bonchev–Trinajstić information content (AvgIpc) is 2.96. The summed E-state index contributed by atoms with van der Waals surface area (Å²) in [5.41, 5.74) is 1.33. The summed E-state index contributed by atoms with van der Waals surface area (Å²) >= 11 is 0. The Morgan fingerprint density at radius 3 is 2.79 bits per heavy atom. The average molecular weight is 333 g/mol. The Balaban J connectivity index is 1.77. The van der Waals surface area contributed by atoms with Gasteiger partial charge in [-0.05, 0) is 30.3 Å². The van der Waals surface area contributed by atoms with E-state index in [9.17, 15) is 18.0 Å². The molecular weight excluding hydrogens is 323 g/mol. The molecule has 122 valence electrons. The fourth-order valence-electron chi connectivity index (χ4n) is 2.54. The first-order valence-electron chi connectivity index (χ1n) is 7.03. The fraction of sp³-hybridized carbons (Fsp3) is 0.125. The number of carbonyl (C=O) groups excluding carboxylic acids is 1. The highest BCUT2D eigenvalue weighted by molar-refractivity contribution is 5.96. The molecule has 0 saturated carbocycles. The standard InChI is InChI=1S/C16H10F3N3O2/c17-16(18,19)10-2-4-14-20-12(7-22(14)6-10)9-1-3-13-11(5-9)21-15(23)8-24-13/h1-7H,8H2,(H,21,23). The molecule has 2 aromatic heterocycles. The molecule has 3 heterocycles. The number of hydrogen-bond donors (Lipinski definition) is 1. The van der Waals surface area contributed by atoms with Crippen LogP contribution in [0.5, 0.6) is 5.75 Å². The predicted molar refractivity (Wildman–Crippen MR) is 79.8 cm³/mol. The van der Waals surface area contributed by atoms with Crippen LogP contribution in [0.2, 0.25) is 0 Å². The van der Waals surface area contributed by atoms with Crippen molar-refractivity contribution < 1.29 is 22.7 Å². The number of halogens is 3. The molecule has 0 fully saturated rings. The van der Waals surface area contributed by atoms with Gasteiger partial charge < -0.3 is 14.5 Å². The van der Waals surface area contributed by atoms with Crippen molar-refractivity contribution in [1.82, 2.24) is 9.38 Å². The molecule has 0 radical (unpaired) electrons. The lowest BCUT2D eigenvalue weighted by Gasteiger charge is -2.18. The van der Waals surface area contributed by atoms with E-state index in [1.807, 2.05) is 0 Å². The Morgan fingerprint density at radius 1 is 1.17 bits per heavy atom. The second kappa shape index (κ2) is 4.98. The first-order chi connectivity index (χ1) is 11.4. The summed E-state index contributed by atoms with van der Waals surface area (Å²) in [6, 6.07) is 7.42. The predicted octanol–water partition coefficient (Wildman–Crippen LogP) is 3.35. The monoisotopic (exact) mass is 333 g/mol. The highest BCUT2D eigenvalue weighted by Crippen LogP contribution is 2.33. The Hall–Kier alpha value is -3.03. The molecular formula is C16H10F3N3O2. The van der Waals surface area contributed by atoms with Gasteiger partial charge >= 0.3 is 6.18 Å². The number of fused-ring (bicyclic) bond motifs is 2. The lowest BCUT2D eigenvalue weighted by atomic mass is 10.1. The van der Waals surface area contributed by atoms with E-state index in [2.05, 4.69) is 10.3 Å². The van der Waals surface area contributed by atoms with Gasteiger partial charge in [0.25, 0.3) is 5.91 Å². The minimum absolute atomic E-state index is 0.0407. The van der Waals surface area contributed by atoms with Crippen molar-refractivity contribution >= 4 is 17.2 Å². The molecule has 1 aliphatic heterocycles. The molecule has 1 N–H and O–H groups in total. The highest BCUT2D eigenvalue weighted by atomic mass is 19.4. The van der Waals surface area contributed by atoms with Crippen LogP contribution in [0, 0.1) is 0 Å². The van der Waals surface area contributed by atoms with Crippen LogP contribution in [0.1, 0.15) is 5.56 Å². The maximum absolute atomic E-state index is 12.8. The molecule has 0 atom stereocenters. The number of hydrogen-bond acceptors (Lipinski definition) is 3. The number of amides is 1. The number of ether oxygens (including phenoxy) is 1. The third kappa shape index (κ3) is 2.45. The van der Waals surface area contributed by atoms with E-state index >= 15 is 0 Å². The summed E-state index contributed by atoms with van der Waals surface area (Å²) in [6.45, 7) is -0.0407. The highest BCUT2D eigenvalue weighted by Gasteiger charge is 2.30. The van der Waals surface area contributed by atoms with E-state index in [0.717, 1.165) is 12.3 Å². The number of pyridine rings is 1. The molecule has 1 amide bonds. The lowest BCUT2D eigenvalue weighted by molar-refractivity contribution is -0.137. The van der Waals surface area contributed by atoms with Crippen LogP contribution in [0.4, 0.5) is 18.9 Å². The number of anilines is 1. The van der Waals surface area contributed by atoms with Crippen molar-refractivity contribution in [1.29, 1.82) is 0 Å². The van der Waals surface area contributed by atoms with Crippen molar-refractivity contribution in [2.75, 3.05) is 11.9 Å². The number of imidazole rings is 1. The van der Waals surface area contributed by atoms with E-state index in [-0.39, 0.29) is 12.5 Å². The van der Waals surface area contributed by atoms with Crippen LogP contribution in [0.3, 0.4) is 0 Å². The van der Waals surface area contributed by atoms with Crippen molar-refractivity contribution in [2.45, 2.75) is 6.18 Å². The number of nitrogens with one attached hydrogen (secondary N) is 1. The smallest absolute Gasteiger partial charge is 0.417 e. The first kappa shape index (κ1) is 14.6. The zero-order chi connectivity index (χ0) is 16.9. The maximum Gasteiger partial charge on any atom is 0.417 e. The maximum atomic E-state index is 12.8. The Bertz CT molecular complexity index is 963. The number of aromatic nitrogens is 2. The number of nitrogens with zero attached hydrogens (tertiary/aromatic N) is 2. The van der Waals surface area contributed by atoms with Crippen molar-refractivity contribution in [2.24, 2.45) is 0 Å². The van der Waals surface area contributed by atoms with E-state index in [1.165, 1.54) is 16.7 Å². The van der Waals surface area contributed by atoms with Gasteiger partial charge in [0.05, 0.1) is 16.9 Å². The van der Waals surface area contributed by atoms with Crippen LogP contribution in [-0.4, -0.2) is 21.9 Å². The number of alkyl halides is 3. The van der Waals surface area contributed by atoms with Crippen LogP contribution in [-0.2, 0) is 11.0 Å². The summed E-state index contributed by atoms with van der Waals surface area (Å²) in [7, 11) is 0. The van der Waals surface area contributed by atoms with Gasteiger partial charge in [-0.25, -0.2) is 4.98 Å². The van der Waals surface area contributed by atoms with Gasteiger partial charge in [-0.3, -0.25) is 4.79 Å². The Morgan fingerprint density at radius 2 is 2.00 bits per heavy atom. The number of rotatable bonds is 1. The van der Waals surface area contributed by atoms with E-state index in [1.54, 1.807) is 18.2 Å². The zero-order valence-electron chi connectivity index (χ0n) is 12.1. The second-order valence-electron chi connectivity index (χ2n) is 5.35. The molecule has 0 bridgehead atoms. The van der Waals surface area contributed by atoms with Gasteiger partial charge in [-0.15, -0.1) is 0 Å². The molecule has 1 aromatic carbocycles. The summed E-state index contributed by atoms with van der Waals surface area (Å²) < 4.78 is 45.0. The van der Waals surface area contributed by atoms with Gasteiger partial charge in [-0.2, -0.15) is 13.2 Å². The quantitative estimate of drug-likeness (QED) is 0.743. The minimum Gasteiger partial charge on any atom is -0.482 e. The van der Waals surface area contributed by atoms with E-state index in [4.69, 9.17) is 4.74 Å². The largest absolute Gasteiger partial charge is 0.482 e. The summed E-state index contributed by atoms with van der Waals surface area (Å²) in [5, 5.41) is 2.69. The fourth-order valence-corrected chi connectivity index (χ4v) is 2.54. The number of carbonyl (C=O) groups is 1. The van der Waals surface area contributed by atoms with Gasteiger partial charge in [0, 0.05) is 18.0 Å². The third-order valence-corrected chi connectivity index (χ3v) is 3.69. The lowest BCUT2D eigenvalue weighted by Crippen LogP contribution is -2.25. The van der Waals surface area contributed by atoms with Crippen LogP contribution in [0.15, 0.2) is 42.7 Å². The normalized spacial score (nSPS) is 14.2. The number of benzene rings is 1. The molecule has 1 aliphatic rings. The second-order valence-corrected chi connectivity index (χ2v) is 5.35. The van der Waals surface area contributed by atoms with E-state index in [0.29, 0.717) is 28.3 Å². The van der Waals surface area contributed by atoms with Crippen LogP contribution in [0.25, 0.3) is 16.9 Å². The first-order valence-corrected chi connectivity index (χ1v) is 7.03. The van der Waals surface area contributed by atoms with Crippen molar-refractivity contribution in [3.63, 3.8) is 0 Å². The molecule has 0 unspecified atom stereocenters. The molecule has 3 aromatic rings. The molecule has 0 spiro atoms. The SMILES string of the molecule is O=C1COc2ccc(-c3cn4cc(C(F)(F)F)ccc4n3)cc2N1.